The van der Waals surface area contributed by atoms with Crippen molar-refractivity contribution in [3.8, 4) is 0 Å². The van der Waals surface area contributed by atoms with E-state index in [1.54, 1.807) is 0 Å². The summed E-state index contributed by atoms with van der Waals surface area (Å²) < 4.78 is 0. The molecule has 0 saturated carbocycles. The lowest BCUT2D eigenvalue weighted by molar-refractivity contribution is 0.135. The fourth-order valence-corrected chi connectivity index (χ4v) is 3.53. The first kappa shape index (κ1) is 15.8. The number of nitrogens with two attached hydrogens (primary N) is 1. The topological polar surface area (TPSA) is 29.3 Å². The second-order valence-electron chi connectivity index (χ2n) is 5.89. The summed E-state index contributed by atoms with van der Waals surface area (Å²) in [5, 5.41) is 0.795. The molecule has 1 saturated heterocycles. The largest absolute Gasteiger partial charge is 0.324 e. The molecule has 112 valence electrons. The number of halogens is 1. The Bertz CT molecular complexity index is 406. The molecule has 1 heterocycles. The molecule has 2 unspecified atom stereocenters. The number of hydrogen-bond donors (Lipinski definition) is 1. The van der Waals surface area contributed by atoms with Crippen molar-refractivity contribution in [1.29, 1.82) is 0 Å². The highest BCUT2D eigenvalue weighted by molar-refractivity contribution is 6.31. The van der Waals surface area contributed by atoms with Crippen molar-refractivity contribution < 1.29 is 0 Å². The monoisotopic (exact) mass is 294 g/mol. The fraction of sp³-hybridized carbons (Fsp3) is 0.647. The van der Waals surface area contributed by atoms with Crippen molar-refractivity contribution in [2.75, 3.05) is 13.1 Å². The Hall–Kier alpha value is -0.570. The molecular formula is C17H27ClN2. The number of rotatable bonds is 6. The van der Waals surface area contributed by atoms with Crippen molar-refractivity contribution in [2.45, 2.75) is 57.5 Å². The summed E-state index contributed by atoms with van der Waals surface area (Å²) in [7, 11) is 0. The molecule has 0 amide bonds. The minimum Gasteiger partial charge on any atom is -0.324 e. The van der Waals surface area contributed by atoms with Gasteiger partial charge in [0.25, 0.3) is 0 Å². The average molecular weight is 295 g/mol. The van der Waals surface area contributed by atoms with Gasteiger partial charge in [-0.05, 0) is 43.9 Å². The minimum atomic E-state index is 0.0490. The second-order valence-corrected chi connectivity index (χ2v) is 6.30. The van der Waals surface area contributed by atoms with Crippen LogP contribution in [-0.4, -0.2) is 24.0 Å². The van der Waals surface area contributed by atoms with E-state index in [9.17, 15) is 0 Å². The van der Waals surface area contributed by atoms with Crippen LogP contribution in [0.15, 0.2) is 24.3 Å². The maximum absolute atomic E-state index is 6.32. The van der Waals surface area contributed by atoms with Gasteiger partial charge in [-0.3, -0.25) is 0 Å². The van der Waals surface area contributed by atoms with Gasteiger partial charge in [0.15, 0.2) is 0 Å². The highest BCUT2D eigenvalue weighted by atomic mass is 35.5. The van der Waals surface area contributed by atoms with Crippen LogP contribution in [0.5, 0.6) is 0 Å². The summed E-state index contributed by atoms with van der Waals surface area (Å²) >= 11 is 6.23. The van der Waals surface area contributed by atoms with E-state index in [-0.39, 0.29) is 6.04 Å². The van der Waals surface area contributed by atoms with E-state index in [1.807, 2.05) is 24.3 Å². The first-order valence-electron chi connectivity index (χ1n) is 7.96. The van der Waals surface area contributed by atoms with Crippen LogP contribution in [0.25, 0.3) is 0 Å². The summed E-state index contributed by atoms with van der Waals surface area (Å²) in [5.74, 6) is 0. The summed E-state index contributed by atoms with van der Waals surface area (Å²) in [6.45, 7) is 4.61. The molecule has 2 rings (SSSR count). The van der Waals surface area contributed by atoms with E-state index in [2.05, 4.69) is 11.8 Å². The number of hydrogen-bond acceptors (Lipinski definition) is 2. The third-order valence-corrected chi connectivity index (χ3v) is 4.75. The van der Waals surface area contributed by atoms with Crippen LogP contribution < -0.4 is 5.73 Å². The van der Waals surface area contributed by atoms with E-state index in [4.69, 9.17) is 17.3 Å². The van der Waals surface area contributed by atoms with Crippen LogP contribution in [0.1, 0.15) is 57.1 Å². The molecule has 2 atom stereocenters. The van der Waals surface area contributed by atoms with Gasteiger partial charge in [-0.25, -0.2) is 0 Å². The van der Waals surface area contributed by atoms with Crippen LogP contribution in [0.2, 0.25) is 5.02 Å². The lowest BCUT2D eigenvalue weighted by atomic mass is 9.97. The third kappa shape index (κ3) is 4.21. The van der Waals surface area contributed by atoms with Crippen molar-refractivity contribution in [3.05, 3.63) is 34.9 Å². The Morgan fingerprint density at radius 1 is 1.35 bits per heavy atom. The highest BCUT2D eigenvalue weighted by Crippen LogP contribution is 2.26. The average Bonchev–Trinajstić information content (AvgIpc) is 2.47. The predicted molar refractivity (Wildman–Crippen MR) is 87.1 cm³/mol. The fourth-order valence-electron chi connectivity index (χ4n) is 3.25. The maximum atomic E-state index is 6.32. The molecule has 0 spiro atoms. The molecular weight excluding hydrogens is 268 g/mol. The Balaban J connectivity index is 1.88. The second kappa shape index (κ2) is 8.02. The van der Waals surface area contributed by atoms with E-state index >= 15 is 0 Å². The zero-order valence-corrected chi connectivity index (χ0v) is 13.3. The predicted octanol–water partition coefficient (Wildman–Crippen LogP) is 4.38. The Morgan fingerprint density at radius 2 is 2.15 bits per heavy atom. The summed E-state index contributed by atoms with van der Waals surface area (Å²) in [6.07, 6.45) is 7.66. The molecule has 0 aliphatic carbocycles. The Morgan fingerprint density at radius 3 is 2.90 bits per heavy atom. The molecule has 0 bridgehead atoms. The molecule has 0 aromatic heterocycles. The molecule has 20 heavy (non-hydrogen) atoms. The van der Waals surface area contributed by atoms with Crippen molar-refractivity contribution in [2.24, 2.45) is 5.73 Å². The van der Waals surface area contributed by atoms with Gasteiger partial charge in [-0.1, -0.05) is 49.6 Å². The number of nitrogens with zero attached hydrogens (tertiary/aromatic N) is 1. The van der Waals surface area contributed by atoms with E-state index in [0.717, 1.165) is 29.6 Å². The summed E-state index contributed by atoms with van der Waals surface area (Å²) in [4.78, 5) is 2.64. The molecule has 0 radical (unpaired) electrons. The molecule has 2 N–H and O–H groups in total. The van der Waals surface area contributed by atoms with Crippen LogP contribution in [0.3, 0.4) is 0 Å². The highest BCUT2D eigenvalue weighted by Gasteiger charge is 2.22. The number of piperidine rings is 1. The van der Waals surface area contributed by atoms with Gasteiger partial charge in [-0.2, -0.15) is 0 Å². The van der Waals surface area contributed by atoms with Crippen LogP contribution in [-0.2, 0) is 0 Å². The van der Waals surface area contributed by atoms with Gasteiger partial charge in [0.1, 0.15) is 0 Å². The van der Waals surface area contributed by atoms with Crippen LogP contribution in [0, 0.1) is 0 Å². The molecule has 3 heteroatoms. The van der Waals surface area contributed by atoms with E-state index < -0.39 is 0 Å². The van der Waals surface area contributed by atoms with Crippen molar-refractivity contribution in [3.63, 3.8) is 0 Å². The van der Waals surface area contributed by atoms with E-state index in [0.29, 0.717) is 0 Å². The number of likely N-dealkylation sites (tertiary alicyclic amines) is 1. The summed E-state index contributed by atoms with van der Waals surface area (Å²) in [5.41, 5.74) is 7.40. The Labute approximate surface area is 128 Å². The molecule has 2 nitrogen and oxygen atoms in total. The molecule has 1 aliphatic rings. The molecule has 1 aliphatic heterocycles. The normalized spacial score (nSPS) is 21.9. The van der Waals surface area contributed by atoms with Crippen molar-refractivity contribution in [1.82, 2.24) is 4.90 Å². The molecule has 1 aromatic rings. The van der Waals surface area contributed by atoms with Gasteiger partial charge in [0.2, 0.25) is 0 Å². The standard InChI is InChI=1S/C17H27ClN2/c1-2-7-14-8-5-6-12-20(14)13-11-17(19)15-9-3-4-10-16(15)18/h3-4,9-10,14,17H,2,5-8,11-13,19H2,1H3. The van der Waals surface area contributed by atoms with Gasteiger partial charge in [0.05, 0.1) is 0 Å². The molecule has 1 aromatic carbocycles. The van der Waals surface area contributed by atoms with Gasteiger partial charge in [-0.15, -0.1) is 0 Å². The zero-order chi connectivity index (χ0) is 14.4. The van der Waals surface area contributed by atoms with Gasteiger partial charge < -0.3 is 10.6 Å². The lowest BCUT2D eigenvalue weighted by Gasteiger charge is -2.36. The van der Waals surface area contributed by atoms with Crippen molar-refractivity contribution >= 4 is 11.6 Å². The summed E-state index contributed by atoms with van der Waals surface area (Å²) in [6, 6.07) is 8.77. The number of benzene rings is 1. The van der Waals surface area contributed by atoms with Gasteiger partial charge in [0, 0.05) is 23.7 Å². The SMILES string of the molecule is CCCC1CCCCN1CCC(N)c1ccccc1Cl. The Kier molecular flexibility index (Phi) is 6.34. The molecule has 1 fully saturated rings. The van der Waals surface area contributed by atoms with E-state index in [1.165, 1.54) is 38.6 Å². The lowest BCUT2D eigenvalue weighted by Crippen LogP contribution is -2.40. The minimum absolute atomic E-state index is 0.0490. The van der Waals surface area contributed by atoms with Crippen LogP contribution >= 0.6 is 11.6 Å². The van der Waals surface area contributed by atoms with Crippen LogP contribution in [0.4, 0.5) is 0 Å². The first-order valence-corrected chi connectivity index (χ1v) is 8.34. The quantitative estimate of drug-likeness (QED) is 0.843. The third-order valence-electron chi connectivity index (χ3n) is 4.40. The smallest absolute Gasteiger partial charge is 0.0453 e. The maximum Gasteiger partial charge on any atom is 0.0453 e. The van der Waals surface area contributed by atoms with Gasteiger partial charge >= 0.3 is 0 Å². The zero-order valence-electron chi connectivity index (χ0n) is 12.5. The first-order chi connectivity index (χ1) is 9.72.